The highest BCUT2D eigenvalue weighted by Crippen LogP contribution is 2.39. The van der Waals surface area contributed by atoms with E-state index < -0.39 is 0 Å². The van der Waals surface area contributed by atoms with Gasteiger partial charge in [-0.2, -0.15) is 0 Å². The average Bonchev–Trinajstić information content (AvgIpc) is 3.29. The molecule has 0 bridgehead atoms. The van der Waals surface area contributed by atoms with E-state index in [1.165, 1.54) is 84.5 Å². The third kappa shape index (κ3) is 6.35. The second-order valence-electron chi connectivity index (χ2n) is 12.3. The molecule has 3 aromatic rings. The number of fused-ring (bicyclic) bond motifs is 4. The average molecular weight is 511 g/mol. The van der Waals surface area contributed by atoms with Crippen LogP contribution in [-0.2, 0) is 19.4 Å². The van der Waals surface area contributed by atoms with Crippen molar-refractivity contribution in [3.8, 4) is 11.1 Å². The first-order chi connectivity index (χ1) is 18.5. The molecule has 0 amide bonds. The van der Waals surface area contributed by atoms with Crippen molar-refractivity contribution < 1.29 is 0 Å². The van der Waals surface area contributed by atoms with Crippen LogP contribution in [0.2, 0.25) is 0 Å². The van der Waals surface area contributed by atoms with Crippen molar-refractivity contribution in [1.82, 2.24) is 19.8 Å². The summed E-state index contributed by atoms with van der Waals surface area (Å²) in [6.45, 7) is 14.9. The van der Waals surface area contributed by atoms with E-state index in [1.807, 2.05) is 12.4 Å². The molecule has 0 fully saturated rings. The molecular weight excluding hydrogens is 464 g/mol. The minimum Gasteiger partial charge on any atom is -0.303 e. The predicted octanol–water partition coefficient (Wildman–Crippen LogP) is 7.32. The summed E-state index contributed by atoms with van der Waals surface area (Å²) in [5.74, 6) is 1.43. The molecule has 2 aromatic heterocycles. The monoisotopic (exact) mass is 510 g/mol. The van der Waals surface area contributed by atoms with Crippen LogP contribution in [0.15, 0.2) is 54.9 Å². The number of aromatic nitrogens is 2. The van der Waals surface area contributed by atoms with Crippen LogP contribution >= 0.6 is 0 Å². The van der Waals surface area contributed by atoms with E-state index in [9.17, 15) is 0 Å². The number of benzene rings is 1. The van der Waals surface area contributed by atoms with Gasteiger partial charge in [0.25, 0.3) is 0 Å². The zero-order valence-electron chi connectivity index (χ0n) is 24.0. The summed E-state index contributed by atoms with van der Waals surface area (Å²) in [7, 11) is 0. The smallest absolute Gasteiger partial charge is 0.0607 e. The number of aryl methyl sites for hydroxylation is 1. The maximum absolute atomic E-state index is 4.98. The molecule has 4 nitrogen and oxygen atoms in total. The summed E-state index contributed by atoms with van der Waals surface area (Å²) in [5, 5.41) is 0. The van der Waals surface area contributed by atoms with Gasteiger partial charge in [-0.15, -0.1) is 0 Å². The fourth-order valence-electron chi connectivity index (χ4n) is 6.67. The lowest BCUT2D eigenvalue weighted by Gasteiger charge is -2.35. The van der Waals surface area contributed by atoms with Gasteiger partial charge in [-0.1, -0.05) is 58.0 Å². The highest BCUT2D eigenvalue weighted by Gasteiger charge is 2.29. The summed E-state index contributed by atoms with van der Waals surface area (Å²) in [4.78, 5) is 15.3. The molecule has 0 unspecified atom stereocenters. The Morgan fingerprint density at radius 3 is 2.39 bits per heavy atom. The van der Waals surface area contributed by atoms with Crippen molar-refractivity contribution in [2.24, 2.45) is 11.8 Å². The zero-order chi connectivity index (χ0) is 26.5. The number of unbranched alkanes of at least 4 members (excludes halogenated alkanes) is 1. The van der Waals surface area contributed by atoms with E-state index in [-0.39, 0.29) is 0 Å². The first-order valence-corrected chi connectivity index (χ1v) is 14.9. The van der Waals surface area contributed by atoms with Gasteiger partial charge in [-0.05, 0) is 97.0 Å². The number of pyridine rings is 2. The van der Waals surface area contributed by atoms with E-state index >= 15 is 0 Å². The molecule has 1 atom stereocenters. The van der Waals surface area contributed by atoms with Gasteiger partial charge >= 0.3 is 0 Å². The summed E-state index contributed by atoms with van der Waals surface area (Å²) in [6, 6.07) is 15.9. The molecule has 0 spiro atoms. The fraction of sp³-hybridized carbons (Fsp3) is 0.529. The van der Waals surface area contributed by atoms with E-state index in [0.29, 0.717) is 17.9 Å². The Hall–Kier alpha value is -2.56. The molecule has 0 saturated heterocycles. The summed E-state index contributed by atoms with van der Waals surface area (Å²) in [5.41, 5.74) is 9.62. The van der Waals surface area contributed by atoms with Gasteiger partial charge in [0.15, 0.2) is 0 Å². The molecular formula is C34H46N4. The largest absolute Gasteiger partial charge is 0.303 e. The highest BCUT2D eigenvalue weighted by molar-refractivity contribution is 5.77. The summed E-state index contributed by atoms with van der Waals surface area (Å²) in [6.07, 6.45) is 11.0. The second-order valence-corrected chi connectivity index (χ2v) is 12.3. The summed E-state index contributed by atoms with van der Waals surface area (Å²) >= 11 is 0. The molecule has 0 radical (unpaired) electrons. The normalized spacial score (nSPS) is 16.4. The second kappa shape index (κ2) is 12.5. The molecule has 202 valence electrons. The molecule has 0 N–H and O–H groups in total. The topological polar surface area (TPSA) is 32.3 Å². The van der Waals surface area contributed by atoms with Gasteiger partial charge in [0, 0.05) is 38.4 Å². The molecule has 2 aliphatic carbocycles. The maximum Gasteiger partial charge on any atom is 0.0607 e. The van der Waals surface area contributed by atoms with Crippen molar-refractivity contribution >= 4 is 0 Å². The number of hydrogen-bond acceptors (Lipinski definition) is 4. The third-order valence-electron chi connectivity index (χ3n) is 8.20. The van der Waals surface area contributed by atoms with Gasteiger partial charge in [0.05, 0.1) is 17.4 Å². The molecule has 1 aromatic carbocycles. The standard InChI is InChI=1S/C34H46N4/c1-25(2)22-37(23-26(3)4)19-7-8-20-38(33-15-9-12-27-13-10-17-36-34(27)33)24-32-31-21-28-11-5-6-14-29(28)30(31)16-18-35-32/h5-6,10-11,13-14,16-18,25-26,33H,7-9,12,15,19-24H2,1-4H3/t33-/m0/s1. The van der Waals surface area contributed by atoms with Gasteiger partial charge in [-0.3, -0.25) is 14.9 Å². The first kappa shape index (κ1) is 27.0. The van der Waals surface area contributed by atoms with Crippen LogP contribution < -0.4 is 0 Å². The van der Waals surface area contributed by atoms with Crippen LogP contribution in [0.1, 0.15) is 87.5 Å². The van der Waals surface area contributed by atoms with Crippen LogP contribution in [-0.4, -0.2) is 45.9 Å². The van der Waals surface area contributed by atoms with E-state index in [0.717, 1.165) is 25.9 Å². The Bertz CT molecular complexity index is 1190. The number of hydrogen-bond donors (Lipinski definition) is 0. The Morgan fingerprint density at radius 2 is 1.58 bits per heavy atom. The van der Waals surface area contributed by atoms with E-state index in [2.05, 4.69) is 80.0 Å². The third-order valence-corrected chi connectivity index (χ3v) is 8.20. The lowest BCUT2D eigenvalue weighted by atomic mass is 9.90. The Kier molecular flexibility index (Phi) is 8.91. The van der Waals surface area contributed by atoms with Crippen molar-refractivity contribution in [3.63, 3.8) is 0 Å². The summed E-state index contributed by atoms with van der Waals surface area (Å²) < 4.78 is 0. The molecule has 0 aliphatic heterocycles. The van der Waals surface area contributed by atoms with Gasteiger partial charge in [-0.25, -0.2) is 0 Å². The molecule has 4 heteroatoms. The molecule has 0 saturated carbocycles. The lowest BCUT2D eigenvalue weighted by molar-refractivity contribution is 0.154. The Balaban J connectivity index is 1.34. The predicted molar refractivity (Wildman–Crippen MR) is 158 cm³/mol. The molecule has 5 rings (SSSR count). The van der Waals surface area contributed by atoms with Crippen LogP contribution in [0.5, 0.6) is 0 Å². The SMILES string of the molecule is CC(C)CN(CCCCN(Cc1nccc2c1Cc1ccccc1-2)[C@H]1CCCc2cccnc21)CC(C)C. The Morgan fingerprint density at radius 1 is 0.816 bits per heavy atom. The van der Waals surface area contributed by atoms with Crippen LogP contribution in [0.25, 0.3) is 11.1 Å². The van der Waals surface area contributed by atoms with Crippen LogP contribution in [0.4, 0.5) is 0 Å². The van der Waals surface area contributed by atoms with E-state index in [4.69, 9.17) is 9.97 Å². The lowest BCUT2D eigenvalue weighted by Crippen LogP contribution is -2.35. The molecule has 2 heterocycles. The van der Waals surface area contributed by atoms with Crippen molar-refractivity contribution in [1.29, 1.82) is 0 Å². The quantitative estimate of drug-likeness (QED) is 0.187. The molecule has 38 heavy (non-hydrogen) atoms. The van der Waals surface area contributed by atoms with E-state index in [1.54, 1.807) is 0 Å². The van der Waals surface area contributed by atoms with Crippen molar-refractivity contribution in [2.75, 3.05) is 26.2 Å². The number of nitrogens with zero attached hydrogens (tertiary/aromatic N) is 4. The highest BCUT2D eigenvalue weighted by atomic mass is 15.2. The zero-order valence-corrected chi connectivity index (χ0v) is 24.0. The maximum atomic E-state index is 4.98. The minimum atomic E-state index is 0.379. The van der Waals surface area contributed by atoms with Gasteiger partial charge in [0.2, 0.25) is 0 Å². The van der Waals surface area contributed by atoms with Gasteiger partial charge in [0.1, 0.15) is 0 Å². The first-order valence-electron chi connectivity index (χ1n) is 14.9. The van der Waals surface area contributed by atoms with Crippen LogP contribution in [0.3, 0.4) is 0 Å². The Labute approximate surface area is 230 Å². The minimum absolute atomic E-state index is 0.379. The number of rotatable bonds is 12. The van der Waals surface area contributed by atoms with Crippen molar-refractivity contribution in [2.45, 2.75) is 78.8 Å². The molecule has 2 aliphatic rings. The van der Waals surface area contributed by atoms with Crippen LogP contribution in [0, 0.1) is 11.8 Å². The fourth-order valence-corrected chi connectivity index (χ4v) is 6.67. The van der Waals surface area contributed by atoms with Crippen molar-refractivity contribution in [3.05, 3.63) is 82.9 Å². The van der Waals surface area contributed by atoms with Gasteiger partial charge < -0.3 is 4.90 Å².